The Morgan fingerprint density at radius 1 is 1.07 bits per heavy atom. The number of para-hydroxylation sites is 1. The standard InChI is InChI=1S/C19H20ClN3O3S2/c1-22(2)11-12-23(19-21-18-15(20)9-6-10-16(18)27-19)17(24)13-28(25,26)14-7-4-3-5-8-14/h3-10H,11-13H2,1-2H3. The predicted octanol–water partition coefficient (Wildman–Crippen LogP) is 3.32. The van der Waals surface area contributed by atoms with Gasteiger partial charge in [-0.3, -0.25) is 9.69 Å². The number of carbonyl (C=O) groups is 1. The van der Waals surface area contributed by atoms with Crippen LogP contribution in [0.25, 0.3) is 10.2 Å². The molecule has 2 aromatic carbocycles. The first kappa shape index (κ1) is 20.7. The van der Waals surface area contributed by atoms with Gasteiger partial charge in [-0.25, -0.2) is 13.4 Å². The Morgan fingerprint density at radius 3 is 2.43 bits per heavy atom. The minimum Gasteiger partial charge on any atom is -0.308 e. The van der Waals surface area contributed by atoms with Crippen molar-refractivity contribution >= 4 is 54.0 Å². The molecule has 0 N–H and O–H groups in total. The van der Waals surface area contributed by atoms with E-state index in [-0.39, 0.29) is 4.90 Å². The quantitative estimate of drug-likeness (QED) is 0.567. The van der Waals surface area contributed by atoms with E-state index in [9.17, 15) is 13.2 Å². The van der Waals surface area contributed by atoms with Crippen molar-refractivity contribution in [1.82, 2.24) is 9.88 Å². The second-order valence-corrected chi connectivity index (χ2v) is 9.91. The third-order valence-corrected chi connectivity index (χ3v) is 7.04. The van der Waals surface area contributed by atoms with E-state index in [4.69, 9.17) is 11.6 Å². The molecule has 0 fully saturated rings. The fourth-order valence-electron chi connectivity index (χ4n) is 2.60. The van der Waals surface area contributed by atoms with Gasteiger partial charge in [0.25, 0.3) is 0 Å². The number of thiazole rings is 1. The van der Waals surface area contributed by atoms with Gasteiger partial charge in [0.15, 0.2) is 15.0 Å². The van der Waals surface area contributed by atoms with Crippen LogP contribution in [0.2, 0.25) is 5.02 Å². The molecule has 0 spiro atoms. The number of anilines is 1. The maximum absolute atomic E-state index is 13.0. The summed E-state index contributed by atoms with van der Waals surface area (Å²) in [5.41, 5.74) is 0.609. The maximum Gasteiger partial charge on any atom is 0.244 e. The summed E-state index contributed by atoms with van der Waals surface area (Å²) in [6, 6.07) is 13.4. The first-order valence-corrected chi connectivity index (χ1v) is 11.4. The summed E-state index contributed by atoms with van der Waals surface area (Å²) in [5, 5.41) is 0.940. The fourth-order valence-corrected chi connectivity index (χ4v) is 5.13. The molecule has 1 heterocycles. The lowest BCUT2D eigenvalue weighted by Gasteiger charge is -2.22. The first-order valence-electron chi connectivity index (χ1n) is 8.56. The van der Waals surface area contributed by atoms with Crippen LogP contribution < -0.4 is 4.90 Å². The van der Waals surface area contributed by atoms with E-state index in [2.05, 4.69) is 4.98 Å². The molecule has 0 radical (unpaired) electrons. The van der Waals surface area contributed by atoms with Gasteiger partial charge in [-0.1, -0.05) is 47.2 Å². The highest BCUT2D eigenvalue weighted by atomic mass is 35.5. The zero-order chi connectivity index (χ0) is 20.3. The largest absolute Gasteiger partial charge is 0.308 e. The summed E-state index contributed by atoms with van der Waals surface area (Å²) in [7, 11) is 0.0316. The summed E-state index contributed by atoms with van der Waals surface area (Å²) < 4.78 is 26.1. The van der Waals surface area contributed by atoms with Gasteiger partial charge in [0.1, 0.15) is 11.3 Å². The predicted molar refractivity (Wildman–Crippen MR) is 114 cm³/mol. The summed E-state index contributed by atoms with van der Waals surface area (Å²) >= 11 is 7.52. The SMILES string of the molecule is CN(C)CCN(C(=O)CS(=O)(=O)c1ccccc1)c1nc2c(Cl)cccc2s1. The van der Waals surface area contributed by atoms with Gasteiger partial charge in [-0.15, -0.1) is 0 Å². The highest BCUT2D eigenvalue weighted by Crippen LogP contribution is 2.33. The number of aromatic nitrogens is 1. The number of halogens is 1. The molecule has 1 amide bonds. The molecule has 0 bridgehead atoms. The van der Waals surface area contributed by atoms with Crippen LogP contribution in [0.5, 0.6) is 0 Å². The highest BCUT2D eigenvalue weighted by molar-refractivity contribution is 7.92. The summed E-state index contributed by atoms with van der Waals surface area (Å²) in [4.78, 5) is 20.9. The van der Waals surface area contributed by atoms with Gasteiger partial charge in [0.05, 0.1) is 14.6 Å². The number of hydrogen-bond acceptors (Lipinski definition) is 6. The van der Waals surface area contributed by atoms with Crippen molar-refractivity contribution in [2.24, 2.45) is 0 Å². The summed E-state index contributed by atoms with van der Waals surface area (Å²) in [5.74, 6) is -1.13. The molecule has 9 heteroatoms. The topological polar surface area (TPSA) is 70.6 Å². The monoisotopic (exact) mass is 437 g/mol. The van der Waals surface area contributed by atoms with Crippen LogP contribution in [-0.2, 0) is 14.6 Å². The van der Waals surface area contributed by atoms with E-state index in [0.29, 0.717) is 28.8 Å². The number of hydrogen-bond donors (Lipinski definition) is 0. The van der Waals surface area contributed by atoms with Crippen molar-refractivity contribution in [3.05, 3.63) is 53.6 Å². The highest BCUT2D eigenvalue weighted by Gasteiger charge is 2.26. The lowest BCUT2D eigenvalue weighted by Crippen LogP contribution is -2.40. The van der Waals surface area contributed by atoms with Crippen molar-refractivity contribution in [1.29, 1.82) is 0 Å². The lowest BCUT2D eigenvalue weighted by atomic mass is 10.3. The molecule has 1 aromatic heterocycles. The molecule has 0 saturated carbocycles. The van der Waals surface area contributed by atoms with E-state index >= 15 is 0 Å². The third-order valence-electron chi connectivity index (χ3n) is 4.08. The molecule has 0 unspecified atom stereocenters. The zero-order valence-electron chi connectivity index (χ0n) is 15.5. The Kier molecular flexibility index (Phi) is 6.34. The van der Waals surface area contributed by atoms with Crippen LogP contribution in [0.4, 0.5) is 5.13 Å². The first-order chi connectivity index (χ1) is 13.3. The molecular weight excluding hydrogens is 418 g/mol. The Morgan fingerprint density at radius 2 is 1.79 bits per heavy atom. The van der Waals surface area contributed by atoms with Crippen molar-refractivity contribution in [3.63, 3.8) is 0 Å². The zero-order valence-corrected chi connectivity index (χ0v) is 17.9. The molecule has 28 heavy (non-hydrogen) atoms. The number of benzene rings is 2. The molecule has 0 aliphatic carbocycles. The molecule has 148 valence electrons. The number of amides is 1. The van der Waals surface area contributed by atoms with Crippen LogP contribution in [-0.4, -0.2) is 57.1 Å². The average molecular weight is 438 g/mol. The van der Waals surface area contributed by atoms with Crippen LogP contribution >= 0.6 is 22.9 Å². The second-order valence-electron chi connectivity index (χ2n) is 6.50. The van der Waals surface area contributed by atoms with E-state index in [1.54, 1.807) is 24.3 Å². The van der Waals surface area contributed by atoms with E-state index in [1.165, 1.54) is 28.4 Å². The van der Waals surface area contributed by atoms with Gasteiger partial charge in [-0.05, 0) is 38.4 Å². The van der Waals surface area contributed by atoms with Crippen LogP contribution in [0, 0.1) is 0 Å². The molecule has 3 rings (SSSR count). The number of sulfone groups is 1. The number of nitrogens with zero attached hydrogens (tertiary/aromatic N) is 3. The van der Waals surface area contributed by atoms with E-state index < -0.39 is 21.5 Å². The summed E-state index contributed by atoms with van der Waals surface area (Å²) in [6.07, 6.45) is 0. The van der Waals surface area contributed by atoms with Gasteiger partial charge in [0, 0.05) is 13.1 Å². The Bertz CT molecular complexity index is 1080. The minimum absolute atomic E-state index is 0.128. The Hall–Kier alpha value is -2.00. The maximum atomic E-state index is 13.0. The van der Waals surface area contributed by atoms with Crippen LogP contribution in [0.3, 0.4) is 0 Å². The number of fused-ring (bicyclic) bond motifs is 1. The van der Waals surface area contributed by atoms with Gasteiger partial charge >= 0.3 is 0 Å². The minimum atomic E-state index is -3.74. The fraction of sp³-hybridized carbons (Fsp3) is 0.263. The molecule has 3 aromatic rings. The van der Waals surface area contributed by atoms with Crippen molar-refractivity contribution < 1.29 is 13.2 Å². The Balaban J connectivity index is 1.92. The second kappa shape index (κ2) is 8.57. The molecule has 6 nitrogen and oxygen atoms in total. The Labute approximate surface area is 173 Å². The van der Waals surface area contributed by atoms with E-state index in [0.717, 1.165) is 4.70 Å². The van der Waals surface area contributed by atoms with Crippen molar-refractivity contribution in [3.8, 4) is 0 Å². The van der Waals surface area contributed by atoms with E-state index in [1.807, 2.05) is 31.1 Å². The van der Waals surface area contributed by atoms with Crippen LogP contribution in [0.15, 0.2) is 53.4 Å². The third kappa shape index (κ3) is 4.70. The molecule has 0 aliphatic heterocycles. The normalized spacial score (nSPS) is 11.9. The smallest absolute Gasteiger partial charge is 0.244 e. The molecule has 0 atom stereocenters. The lowest BCUT2D eigenvalue weighted by molar-refractivity contribution is -0.116. The van der Waals surface area contributed by atoms with Crippen LogP contribution in [0.1, 0.15) is 0 Å². The molecule has 0 saturated heterocycles. The number of rotatable bonds is 7. The van der Waals surface area contributed by atoms with Gasteiger partial charge in [0.2, 0.25) is 5.91 Å². The molecule has 0 aliphatic rings. The number of carbonyl (C=O) groups excluding carboxylic acids is 1. The van der Waals surface area contributed by atoms with Gasteiger partial charge < -0.3 is 4.90 Å². The number of likely N-dealkylation sites (N-methyl/N-ethyl adjacent to an activating group) is 1. The summed E-state index contributed by atoms with van der Waals surface area (Å²) in [6.45, 7) is 0.897. The average Bonchev–Trinajstić information content (AvgIpc) is 3.07. The van der Waals surface area contributed by atoms with Gasteiger partial charge in [-0.2, -0.15) is 0 Å². The van der Waals surface area contributed by atoms with Crippen molar-refractivity contribution in [2.75, 3.05) is 37.8 Å². The van der Waals surface area contributed by atoms with Crippen molar-refractivity contribution in [2.45, 2.75) is 4.90 Å². The molecular formula is C19H20ClN3O3S2.